The summed E-state index contributed by atoms with van der Waals surface area (Å²) in [6.07, 6.45) is 0.805. The van der Waals surface area contributed by atoms with Crippen molar-refractivity contribution < 1.29 is 13.2 Å². The quantitative estimate of drug-likeness (QED) is 0.828. The molecule has 4 heteroatoms. The van der Waals surface area contributed by atoms with Crippen LogP contribution in [-0.4, -0.2) is 0 Å². The summed E-state index contributed by atoms with van der Waals surface area (Å²) in [6.45, 7) is 1.98. The summed E-state index contributed by atoms with van der Waals surface area (Å²) in [7, 11) is 0. The highest BCUT2D eigenvalue weighted by atomic mass is 19.2. The maximum absolute atomic E-state index is 13.2. The van der Waals surface area contributed by atoms with Gasteiger partial charge in [-0.1, -0.05) is 31.2 Å². The Morgan fingerprint density at radius 3 is 1.95 bits per heavy atom. The third kappa shape index (κ3) is 2.79. The first kappa shape index (κ1) is 13.6. The highest BCUT2D eigenvalue weighted by Gasteiger charge is 2.12. The molecule has 1 atom stereocenters. The van der Waals surface area contributed by atoms with E-state index in [0.717, 1.165) is 24.1 Å². The van der Waals surface area contributed by atoms with Gasteiger partial charge in [0.15, 0.2) is 17.5 Å². The Hall–Kier alpha value is -1.81. The summed E-state index contributed by atoms with van der Waals surface area (Å²) in [4.78, 5) is 0. The van der Waals surface area contributed by atoms with Gasteiger partial charge in [0.05, 0.1) is 0 Å². The second-order valence-electron chi connectivity index (χ2n) is 4.39. The Morgan fingerprint density at radius 1 is 0.947 bits per heavy atom. The third-order valence-electron chi connectivity index (χ3n) is 3.10. The van der Waals surface area contributed by atoms with Crippen LogP contribution in [0, 0.1) is 17.5 Å². The fourth-order valence-electron chi connectivity index (χ4n) is 1.88. The monoisotopic (exact) mass is 265 g/mol. The Labute approximate surface area is 109 Å². The van der Waals surface area contributed by atoms with Gasteiger partial charge in [-0.15, -0.1) is 0 Å². The molecule has 1 unspecified atom stereocenters. The van der Waals surface area contributed by atoms with Gasteiger partial charge in [0.25, 0.3) is 0 Å². The second kappa shape index (κ2) is 5.45. The number of benzene rings is 2. The molecule has 0 aliphatic rings. The van der Waals surface area contributed by atoms with E-state index in [1.54, 1.807) is 12.1 Å². The second-order valence-corrected chi connectivity index (χ2v) is 4.39. The van der Waals surface area contributed by atoms with Crippen molar-refractivity contribution in [3.05, 3.63) is 59.4 Å². The van der Waals surface area contributed by atoms with Gasteiger partial charge < -0.3 is 5.73 Å². The van der Waals surface area contributed by atoms with E-state index in [2.05, 4.69) is 0 Å². The van der Waals surface area contributed by atoms with Crippen LogP contribution in [0.3, 0.4) is 0 Å². The Balaban J connectivity index is 2.37. The van der Waals surface area contributed by atoms with Gasteiger partial charge in [0.1, 0.15) is 0 Å². The van der Waals surface area contributed by atoms with Crippen LogP contribution in [-0.2, 0) is 0 Å². The van der Waals surface area contributed by atoms with Gasteiger partial charge in [-0.25, -0.2) is 13.2 Å². The summed E-state index contributed by atoms with van der Waals surface area (Å²) in [5.41, 5.74) is 7.75. The van der Waals surface area contributed by atoms with Crippen LogP contribution in [0.5, 0.6) is 0 Å². The number of hydrogen-bond donors (Lipinski definition) is 1. The molecule has 0 spiro atoms. The molecule has 2 aromatic carbocycles. The van der Waals surface area contributed by atoms with Crippen molar-refractivity contribution >= 4 is 0 Å². The third-order valence-corrected chi connectivity index (χ3v) is 3.10. The predicted octanol–water partition coefficient (Wildman–Crippen LogP) is 4.18. The first-order valence-electron chi connectivity index (χ1n) is 6.03. The van der Waals surface area contributed by atoms with Crippen LogP contribution >= 0.6 is 0 Å². The number of halogens is 3. The van der Waals surface area contributed by atoms with Crippen LogP contribution in [0.15, 0.2) is 36.4 Å². The number of nitrogens with two attached hydrogens (primary N) is 1. The van der Waals surface area contributed by atoms with Crippen LogP contribution in [0.25, 0.3) is 11.1 Å². The van der Waals surface area contributed by atoms with Gasteiger partial charge >= 0.3 is 0 Å². The molecule has 0 aliphatic heterocycles. The normalized spacial score (nSPS) is 12.5. The zero-order valence-corrected chi connectivity index (χ0v) is 10.5. The maximum atomic E-state index is 13.2. The highest BCUT2D eigenvalue weighted by molar-refractivity contribution is 5.64. The van der Waals surface area contributed by atoms with Crippen molar-refractivity contribution in [3.8, 4) is 11.1 Å². The van der Waals surface area contributed by atoms with Crippen molar-refractivity contribution in [3.63, 3.8) is 0 Å². The average Bonchev–Trinajstić information content (AvgIpc) is 2.43. The molecule has 0 aliphatic carbocycles. The lowest BCUT2D eigenvalue weighted by Crippen LogP contribution is -2.08. The molecule has 2 aromatic rings. The molecule has 1 nitrogen and oxygen atoms in total. The summed E-state index contributed by atoms with van der Waals surface area (Å²) in [5, 5.41) is 0. The first-order valence-corrected chi connectivity index (χ1v) is 6.03. The van der Waals surface area contributed by atoms with Crippen LogP contribution in [0.1, 0.15) is 24.9 Å². The molecular formula is C15H14F3N. The van der Waals surface area contributed by atoms with Crippen molar-refractivity contribution in [2.75, 3.05) is 0 Å². The zero-order valence-electron chi connectivity index (χ0n) is 10.5. The average molecular weight is 265 g/mol. The summed E-state index contributed by atoms with van der Waals surface area (Å²) < 4.78 is 39.2. The topological polar surface area (TPSA) is 26.0 Å². The summed E-state index contributed by atoms with van der Waals surface area (Å²) in [5.74, 6) is -3.83. The van der Waals surface area contributed by atoms with E-state index in [1.165, 1.54) is 0 Å². The largest absolute Gasteiger partial charge is 0.324 e. The van der Waals surface area contributed by atoms with Crippen LogP contribution in [0.2, 0.25) is 0 Å². The summed E-state index contributed by atoms with van der Waals surface area (Å²) in [6, 6.07) is 8.95. The maximum Gasteiger partial charge on any atom is 0.194 e. The summed E-state index contributed by atoms with van der Waals surface area (Å²) >= 11 is 0. The van der Waals surface area contributed by atoms with E-state index in [-0.39, 0.29) is 6.04 Å². The Kier molecular flexibility index (Phi) is 3.90. The molecule has 2 rings (SSSR count). The van der Waals surface area contributed by atoms with Gasteiger partial charge in [0.2, 0.25) is 0 Å². The van der Waals surface area contributed by atoms with Crippen molar-refractivity contribution in [2.45, 2.75) is 19.4 Å². The Bertz CT molecular complexity index is 555. The zero-order chi connectivity index (χ0) is 14.0. The van der Waals surface area contributed by atoms with E-state index in [4.69, 9.17) is 5.73 Å². The Morgan fingerprint density at radius 2 is 1.47 bits per heavy atom. The minimum Gasteiger partial charge on any atom is -0.324 e. The van der Waals surface area contributed by atoms with Gasteiger partial charge in [0, 0.05) is 6.04 Å². The molecule has 0 radical (unpaired) electrons. The van der Waals surface area contributed by atoms with E-state index < -0.39 is 17.5 Å². The molecule has 0 amide bonds. The highest BCUT2D eigenvalue weighted by Crippen LogP contribution is 2.25. The van der Waals surface area contributed by atoms with Crippen molar-refractivity contribution in [2.24, 2.45) is 5.73 Å². The minimum absolute atomic E-state index is 0.0595. The molecule has 0 saturated heterocycles. The lowest BCUT2D eigenvalue weighted by Gasteiger charge is -2.10. The molecule has 0 saturated carbocycles. The fourth-order valence-corrected chi connectivity index (χ4v) is 1.88. The van der Waals surface area contributed by atoms with Crippen molar-refractivity contribution in [1.82, 2.24) is 0 Å². The number of rotatable bonds is 3. The number of hydrogen-bond acceptors (Lipinski definition) is 1. The fraction of sp³-hybridized carbons (Fsp3) is 0.200. The molecule has 19 heavy (non-hydrogen) atoms. The molecule has 0 fully saturated rings. The smallest absolute Gasteiger partial charge is 0.194 e. The molecule has 0 aromatic heterocycles. The van der Waals surface area contributed by atoms with Gasteiger partial charge in [-0.2, -0.15) is 0 Å². The first-order chi connectivity index (χ1) is 9.02. The molecule has 2 N–H and O–H groups in total. The molecular weight excluding hydrogens is 251 g/mol. The van der Waals surface area contributed by atoms with E-state index >= 15 is 0 Å². The van der Waals surface area contributed by atoms with Crippen LogP contribution < -0.4 is 5.73 Å². The molecule has 0 bridgehead atoms. The van der Waals surface area contributed by atoms with Gasteiger partial charge in [-0.3, -0.25) is 0 Å². The minimum atomic E-state index is -1.45. The van der Waals surface area contributed by atoms with Crippen molar-refractivity contribution in [1.29, 1.82) is 0 Å². The van der Waals surface area contributed by atoms with Crippen LogP contribution in [0.4, 0.5) is 13.2 Å². The molecule has 0 heterocycles. The lowest BCUT2D eigenvalue weighted by molar-refractivity contribution is 0.448. The van der Waals surface area contributed by atoms with Gasteiger partial charge in [-0.05, 0) is 35.2 Å². The SMILES string of the molecule is CCC(N)c1ccc(-c2cc(F)c(F)c(F)c2)cc1. The molecule has 100 valence electrons. The standard InChI is InChI=1S/C15H14F3N/c1-2-14(19)10-5-3-9(4-6-10)11-7-12(16)15(18)13(17)8-11/h3-8,14H,2,19H2,1H3. The van der Waals surface area contributed by atoms with E-state index in [9.17, 15) is 13.2 Å². The lowest BCUT2D eigenvalue weighted by atomic mass is 10.00. The van der Waals surface area contributed by atoms with E-state index in [1.807, 2.05) is 19.1 Å². The van der Waals surface area contributed by atoms with E-state index in [0.29, 0.717) is 11.1 Å². The predicted molar refractivity (Wildman–Crippen MR) is 69.0 cm³/mol.